The first-order valence-electron chi connectivity index (χ1n) is 2.00. The van der Waals surface area contributed by atoms with Crippen molar-refractivity contribution in [1.29, 1.82) is 0 Å². The Morgan fingerprint density at radius 2 is 2.50 bits per heavy atom. The van der Waals surface area contributed by atoms with Crippen LogP contribution in [0, 0.1) is 13.5 Å². The van der Waals surface area contributed by atoms with Crippen LogP contribution in [0.4, 0.5) is 6.01 Å². The van der Waals surface area contributed by atoms with Crippen LogP contribution in [-0.4, -0.2) is 10.1 Å². The van der Waals surface area contributed by atoms with Crippen molar-refractivity contribution in [2.75, 3.05) is 0 Å². The van der Waals surface area contributed by atoms with Crippen LogP contribution in [-0.2, 0) is 0 Å². The van der Waals surface area contributed by atoms with E-state index in [0.29, 0.717) is 5.82 Å². The van der Waals surface area contributed by atoms with Gasteiger partial charge in [0, 0.05) is 6.92 Å². The highest BCUT2D eigenvalue weighted by Crippen LogP contribution is 2.04. The minimum absolute atomic E-state index is 0.00231. The van der Waals surface area contributed by atoms with E-state index in [1.54, 1.807) is 6.92 Å². The van der Waals surface area contributed by atoms with Gasteiger partial charge in [0.2, 0.25) is 0 Å². The van der Waals surface area contributed by atoms with Gasteiger partial charge in [-0.05, 0) is 0 Å². The van der Waals surface area contributed by atoms with Gasteiger partial charge >= 0.3 is 6.01 Å². The van der Waals surface area contributed by atoms with Crippen LogP contribution < -0.4 is 0 Å². The van der Waals surface area contributed by atoms with E-state index in [-0.39, 0.29) is 6.01 Å². The molecule has 1 heterocycles. The third-order valence-corrected chi connectivity index (χ3v) is 0.612. The highest BCUT2D eigenvalue weighted by Gasteiger charge is 1.99. The van der Waals surface area contributed by atoms with Crippen molar-refractivity contribution in [2.45, 2.75) is 6.92 Å². The molecule has 40 valence electrons. The van der Waals surface area contributed by atoms with E-state index >= 15 is 0 Å². The summed E-state index contributed by atoms with van der Waals surface area (Å²) in [5.74, 6) is 0.496. The molecule has 0 atom stereocenters. The summed E-state index contributed by atoms with van der Waals surface area (Å²) in [7, 11) is 0. The molecule has 0 bridgehead atoms. The van der Waals surface area contributed by atoms with Crippen LogP contribution in [0.2, 0.25) is 0 Å². The zero-order chi connectivity index (χ0) is 5.98. The van der Waals surface area contributed by atoms with Crippen molar-refractivity contribution in [3.05, 3.63) is 17.2 Å². The van der Waals surface area contributed by atoms with E-state index < -0.39 is 0 Å². The Labute approximate surface area is 45.9 Å². The molecule has 0 radical (unpaired) electrons. The summed E-state index contributed by atoms with van der Waals surface area (Å²) in [5.41, 5.74) is 0. The Morgan fingerprint density at radius 3 is 2.75 bits per heavy atom. The molecule has 1 aromatic rings. The van der Waals surface area contributed by atoms with E-state index in [1.165, 1.54) is 0 Å². The zero-order valence-electron chi connectivity index (χ0n) is 4.25. The first-order valence-corrected chi connectivity index (χ1v) is 2.00. The third-order valence-electron chi connectivity index (χ3n) is 0.612. The van der Waals surface area contributed by atoms with E-state index in [4.69, 9.17) is 6.57 Å². The monoisotopic (exact) mass is 109 g/mol. The zero-order valence-corrected chi connectivity index (χ0v) is 4.25. The molecule has 0 spiro atoms. The lowest BCUT2D eigenvalue weighted by Crippen LogP contribution is -1.67. The van der Waals surface area contributed by atoms with Gasteiger partial charge in [-0.15, -0.1) is 0 Å². The first kappa shape index (κ1) is 4.78. The van der Waals surface area contributed by atoms with Crippen LogP contribution in [0.1, 0.15) is 5.82 Å². The van der Waals surface area contributed by atoms with E-state index in [0.717, 1.165) is 0 Å². The largest absolute Gasteiger partial charge is 0.472 e. The number of hydrogen-bond donors (Lipinski definition) is 0. The number of aromatic nitrogens is 2. The van der Waals surface area contributed by atoms with E-state index in [1.807, 2.05) is 0 Å². The molecule has 0 N–H and O–H groups in total. The lowest BCUT2D eigenvalue weighted by atomic mass is 10.8. The second-order valence-electron chi connectivity index (χ2n) is 1.24. The molecule has 4 nitrogen and oxygen atoms in total. The van der Waals surface area contributed by atoms with Gasteiger partial charge in [0.25, 0.3) is 5.82 Å². The molecule has 0 unspecified atom stereocenters. The molecule has 4 heteroatoms. The van der Waals surface area contributed by atoms with Crippen molar-refractivity contribution in [3.63, 3.8) is 0 Å². The van der Waals surface area contributed by atoms with Crippen molar-refractivity contribution in [3.8, 4) is 0 Å². The van der Waals surface area contributed by atoms with Gasteiger partial charge in [0.1, 0.15) is 0 Å². The van der Waals surface area contributed by atoms with Crippen molar-refractivity contribution in [2.24, 2.45) is 0 Å². The number of aryl methyl sites for hydroxylation is 1. The Hall–Kier alpha value is -1.37. The van der Waals surface area contributed by atoms with Crippen molar-refractivity contribution in [1.82, 2.24) is 10.1 Å². The fraction of sp³-hybridized carbons (Fsp3) is 0.250. The van der Waals surface area contributed by atoms with Gasteiger partial charge < -0.3 is 9.37 Å². The first-order chi connectivity index (χ1) is 3.83. The number of hydrogen-bond acceptors (Lipinski definition) is 3. The third kappa shape index (κ3) is 0.658. The predicted molar refractivity (Wildman–Crippen MR) is 25.3 cm³/mol. The summed E-state index contributed by atoms with van der Waals surface area (Å²) in [4.78, 5) is 6.50. The number of nitrogens with zero attached hydrogens (tertiary/aromatic N) is 3. The average Bonchev–Trinajstić information content (AvgIpc) is 2.14. The SMILES string of the molecule is [C-]#[N+]c1nc(C)no1. The van der Waals surface area contributed by atoms with Crippen molar-refractivity contribution < 1.29 is 4.52 Å². The molecule has 0 amide bonds. The Morgan fingerprint density at radius 1 is 1.75 bits per heavy atom. The molecule has 0 aromatic carbocycles. The van der Waals surface area contributed by atoms with E-state index in [9.17, 15) is 0 Å². The summed E-state index contributed by atoms with van der Waals surface area (Å²) in [6, 6.07) is 0.00231. The molecule has 1 aromatic heterocycles. The maximum atomic E-state index is 6.39. The quantitative estimate of drug-likeness (QED) is 0.465. The Balaban J connectivity index is 3.05. The van der Waals surface area contributed by atoms with Crippen LogP contribution in [0.3, 0.4) is 0 Å². The van der Waals surface area contributed by atoms with Gasteiger partial charge in [-0.1, -0.05) is 16.7 Å². The fourth-order valence-electron chi connectivity index (χ4n) is 0.332. The molecule has 0 fully saturated rings. The average molecular weight is 109 g/mol. The second kappa shape index (κ2) is 1.62. The topological polar surface area (TPSA) is 43.3 Å². The van der Waals surface area contributed by atoms with Crippen molar-refractivity contribution >= 4 is 6.01 Å². The lowest BCUT2D eigenvalue weighted by Gasteiger charge is -1.64. The van der Waals surface area contributed by atoms with Gasteiger partial charge in [-0.3, -0.25) is 0 Å². The Kier molecular flexibility index (Phi) is 0.968. The molecular weight excluding hydrogens is 106 g/mol. The summed E-state index contributed by atoms with van der Waals surface area (Å²) in [5, 5.41) is 3.39. The smallest absolute Gasteiger partial charge is 0.352 e. The lowest BCUT2D eigenvalue weighted by molar-refractivity contribution is 0.433. The Bertz CT molecular complexity index is 221. The normalized spacial score (nSPS) is 8.50. The van der Waals surface area contributed by atoms with Crippen LogP contribution >= 0.6 is 0 Å². The van der Waals surface area contributed by atoms with Crippen LogP contribution in [0.15, 0.2) is 4.52 Å². The molecule has 1 rings (SSSR count). The summed E-state index contributed by atoms with van der Waals surface area (Å²) >= 11 is 0. The van der Waals surface area contributed by atoms with Crippen LogP contribution in [0.5, 0.6) is 0 Å². The molecule has 0 saturated carbocycles. The number of rotatable bonds is 0. The van der Waals surface area contributed by atoms with Gasteiger partial charge in [-0.25, -0.2) is 0 Å². The molecule has 0 saturated heterocycles. The molecule has 0 aliphatic heterocycles. The second-order valence-corrected chi connectivity index (χ2v) is 1.24. The maximum absolute atomic E-state index is 6.39. The molecular formula is C4H3N3O. The summed E-state index contributed by atoms with van der Waals surface area (Å²) in [6.45, 7) is 8.05. The predicted octanol–water partition coefficient (Wildman–Crippen LogP) is 0.929. The maximum Gasteiger partial charge on any atom is 0.472 e. The standard InChI is InChI=1S/C4H3N3O/c1-3-6-4(5-2)8-7-3/h1H3. The highest BCUT2D eigenvalue weighted by molar-refractivity contribution is 5.17. The molecule has 0 aliphatic rings. The minimum atomic E-state index is 0.00231. The van der Waals surface area contributed by atoms with Gasteiger partial charge in [-0.2, -0.15) is 0 Å². The highest BCUT2D eigenvalue weighted by atomic mass is 16.5. The van der Waals surface area contributed by atoms with Gasteiger partial charge in [0.05, 0.1) is 0 Å². The minimum Gasteiger partial charge on any atom is -0.352 e. The fourth-order valence-corrected chi connectivity index (χ4v) is 0.332. The summed E-state index contributed by atoms with van der Waals surface area (Å²) < 4.78 is 4.40. The van der Waals surface area contributed by atoms with E-state index in [2.05, 4.69) is 19.5 Å². The molecule has 0 aliphatic carbocycles. The van der Waals surface area contributed by atoms with Gasteiger partial charge in [0.15, 0.2) is 0 Å². The molecule has 8 heavy (non-hydrogen) atoms. The van der Waals surface area contributed by atoms with Crippen LogP contribution in [0.25, 0.3) is 4.85 Å². The summed E-state index contributed by atoms with van der Waals surface area (Å²) in [6.07, 6.45) is 0.